The van der Waals surface area contributed by atoms with Gasteiger partial charge in [0.15, 0.2) is 0 Å². The number of aryl methyl sites for hydroxylation is 1. The van der Waals surface area contributed by atoms with Crippen LogP contribution >= 0.6 is 0 Å². The van der Waals surface area contributed by atoms with Gasteiger partial charge in [0.2, 0.25) is 11.7 Å². The van der Waals surface area contributed by atoms with Crippen molar-refractivity contribution in [2.24, 2.45) is 0 Å². The zero-order valence-electron chi connectivity index (χ0n) is 16.6. The summed E-state index contributed by atoms with van der Waals surface area (Å²) in [6.45, 7) is 7.04. The Morgan fingerprint density at radius 2 is 1.82 bits per heavy atom. The summed E-state index contributed by atoms with van der Waals surface area (Å²) in [5, 5.41) is 4.13. The fourth-order valence-electron chi connectivity index (χ4n) is 3.63. The number of carbonyl (C=O) groups excluding carboxylic acids is 1. The van der Waals surface area contributed by atoms with E-state index in [2.05, 4.69) is 24.0 Å². The van der Waals surface area contributed by atoms with Gasteiger partial charge in [-0.05, 0) is 43.4 Å². The van der Waals surface area contributed by atoms with Crippen molar-refractivity contribution in [1.82, 2.24) is 15.0 Å². The highest BCUT2D eigenvalue weighted by molar-refractivity contribution is 5.94. The molecule has 2 heterocycles. The molecule has 0 spiro atoms. The van der Waals surface area contributed by atoms with E-state index in [9.17, 15) is 4.79 Å². The summed E-state index contributed by atoms with van der Waals surface area (Å²) in [4.78, 5) is 19.5. The van der Waals surface area contributed by atoms with Crippen molar-refractivity contribution in [3.8, 4) is 11.4 Å². The summed E-state index contributed by atoms with van der Waals surface area (Å²) in [5.41, 5.74) is 4.04. The Kier molecular flexibility index (Phi) is 4.99. The molecule has 144 valence electrons. The molecule has 1 aromatic heterocycles. The van der Waals surface area contributed by atoms with Crippen LogP contribution in [0, 0.1) is 6.92 Å². The highest BCUT2D eigenvalue weighted by Gasteiger charge is 2.34. The molecule has 2 aromatic carbocycles. The molecule has 1 atom stereocenters. The Bertz CT molecular complexity index is 958. The van der Waals surface area contributed by atoms with Crippen LogP contribution in [0.2, 0.25) is 0 Å². The first kappa shape index (κ1) is 18.4. The van der Waals surface area contributed by atoms with Crippen molar-refractivity contribution in [3.63, 3.8) is 0 Å². The van der Waals surface area contributed by atoms with Crippen LogP contribution in [0.25, 0.3) is 11.4 Å². The van der Waals surface area contributed by atoms with E-state index >= 15 is 0 Å². The molecule has 0 N–H and O–H groups in total. The number of hydrogen-bond acceptors (Lipinski definition) is 4. The number of nitrogens with zero attached hydrogens (tertiary/aromatic N) is 3. The number of carbonyl (C=O) groups is 1. The van der Waals surface area contributed by atoms with E-state index in [4.69, 9.17) is 4.52 Å². The van der Waals surface area contributed by atoms with Crippen LogP contribution < -0.4 is 0 Å². The minimum atomic E-state index is -0.163. The largest absolute Gasteiger partial charge is 0.337 e. The quantitative estimate of drug-likeness (QED) is 0.633. The molecule has 1 aliphatic heterocycles. The number of benzene rings is 2. The molecule has 28 heavy (non-hydrogen) atoms. The molecule has 3 aromatic rings. The van der Waals surface area contributed by atoms with Crippen LogP contribution in [0.15, 0.2) is 53.1 Å². The van der Waals surface area contributed by atoms with Gasteiger partial charge in [-0.25, -0.2) is 0 Å². The molecule has 1 fully saturated rings. The molecule has 5 heteroatoms. The van der Waals surface area contributed by atoms with Gasteiger partial charge in [0.25, 0.3) is 5.91 Å². The van der Waals surface area contributed by atoms with Crippen molar-refractivity contribution >= 4 is 5.91 Å². The third-order valence-electron chi connectivity index (χ3n) is 5.37. The summed E-state index contributed by atoms with van der Waals surface area (Å²) in [6, 6.07) is 15.8. The molecule has 0 radical (unpaired) electrons. The van der Waals surface area contributed by atoms with Crippen molar-refractivity contribution in [3.05, 3.63) is 71.1 Å². The lowest BCUT2D eigenvalue weighted by molar-refractivity contribution is 0.0710. The number of aromatic nitrogens is 2. The summed E-state index contributed by atoms with van der Waals surface area (Å²) < 4.78 is 5.55. The van der Waals surface area contributed by atoms with E-state index in [0.717, 1.165) is 18.4 Å². The van der Waals surface area contributed by atoms with Gasteiger partial charge in [-0.15, -0.1) is 0 Å². The van der Waals surface area contributed by atoms with Crippen LogP contribution in [0.3, 0.4) is 0 Å². The van der Waals surface area contributed by atoms with Gasteiger partial charge in [-0.2, -0.15) is 4.98 Å². The van der Waals surface area contributed by atoms with Crippen molar-refractivity contribution in [1.29, 1.82) is 0 Å². The maximum absolute atomic E-state index is 13.1. The maximum Gasteiger partial charge on any atom is 0.254 e. The summed E-state index contributed by atoms with van der Waals surface area (Å²) in [7, 11) is 0. The highest BCUT2D eigenvalue weighted by Crippen LogP contribution is 2.33. The molecular formula is C23H25N3O2. The average molecular weight is 375 g/mol. The summed E-state index contributed by atoms with van der Waals surface area (Å²) in [6.07, 6.45) is 1.77. The number of amides is 1. The monoisotopic (exact) mass is 375 g/mol. The molecule has 0 aliphatic carbocycles. The molecule has 1 amide bonds. The fourth-order valence-corrected chi connectivity index (χ4v) is 3.63. The SMILES string of the molecule is Cc1ccc(-c2noc([C@@H]3CCCN3C(=O)c3ccc(C(C)C)cc3)n2)cc1. The van der Waals surface area contributed by atoms with Crippen LogP contribution in [0.1, 0.15) is 66.0 Å². The van der Waals surface area contributed by atoms with Crippen LogP contribution in [-0.2, 0) is 0 Å². The molecule has 1 aliphatic rings. The van der Waals surface area contributed by atoms with Gasteiger partial charge in [-0.3, -0.25) is 4.79 Å². The smallest absolute Gasteiger partial charge is 0.254 e. The summed E-state index contributed by atoms with van der Waals surface area (Å²) in [5.74, 6) is 1.55. The molecule has 5 nitrogen and oxygen atoms in total. The van der Waals surface area contributed by atoms with E-state index < -0.39 is 0 Å². The Morgan fingerprint density at radius 1 is 1.11 bits per heavy atom. The van der Waals surface area contributed by atoms with Crippen molar-refractivity contribution in [2.75, 3.05) is 6.54 Å². The lowest BCUT2D eigenvalue weighted by Crippen LogP contribution is -2.30. The fraction of sp³-hybridized carbons (Fsp3) is 0.348. The van der Waals surface area contributed by atoms with Gasteiger partial charge in [0, 0.05) is 17.7 Å². The number of likely N-dealkylation sites (tertiary alicyclic amines) is 1. The van der Waals surface area contributed by atoms with Crippen LogP contribution in [0.4, 0.5) is 0 Å². The van der Waals surface area contributed by atoms with Crippen LogP contribution in [0.5, 0.6) is 0 Å². The van der Waals surface area contributed by atoms with E-state index in [1.807, 2.05) is 60.4 Å². The molecular weight excluding hydrogens is 350 g/mol. The van der Waals surface area contributed by atoms with Gasteiger partial charge >= 0.3 is 0 Å². The zero-order chi connectivity index (χ0) is 19.7. The third-order valence-corrected chi connectivity index (χ3v) is 5.37. The minimum Gasteiger partial charge on any atom is -0.337 e. The average Bonchev–Trinajstić information content (AvgIpc) is 3.37. The molecule has 0 unspecified atom stereocenters. The molecule has 4 rings (SSSR count). The molecule has 1 saturated heterocycles. The second kappa shape index (κ2) is 7.58. The standard InChI is InChI=1S/C23H25N3O2/c1-15(2)17-10-12-19(13-11-17)23(27)26-14-4-5-20(26)22-24-21(25-28-22)18-8-6-16(3)7-9-18/h6-13,15,20H,4-5,14H2,1-3H3/t20-/m0/s1. The van der Waals surface area contributed by atoms with E-state index in [1.54, 1.807) is 0 Å². The lowest BCUT2D eigenvalue weighted by atomic mass is 10.0. The normalized spacial score (nSPS) is 16.7. The van der Waals surface area contributed by atoms with E-state index in [-0.39, 0.29) is 11.9 Å². The predicted molar refractivity (Wildman–Crippen MR) is 108 cm³/mol. The van der Waals surface area contributed by atoms with Gasteiger partial charge in [0.05, 0.1) is 0 Å². The van der Waals surface area contributed by atoms with E-state index in [0.29, 0.717) is 29.7 Å². The first-order valence-electron chi connectivity index (χ1n) is 9.84. The van der Waals surface area contributed by atoms with Gasteiger partial charge < -0.3 is 9.42 Å². The minimum absolute atomic E-state index is 0.0212. The Balaban J connectivity index is 1.55. The third kappa shape index (κ3) is 3.57. The van der Waals surface area contributed by atoms with Crippen molar-refractivity contribution < 1.29 is 9.32 Å². The Hall–Kier alpha value is -2.95. The second-order valence-corrected chi connectivity index (χ2v) is 7.76. The van der Waals surface area contributed by atoms with Gasteiger partial charge in [-0.1, -0.05) is 61.0 Å². The second-order valence-electron chi connectivity index (χ2n) is 7.76. The van der Waals surface area contributed by atoms with Crippen LogP contribution in [-0.4, -0.2) is 27.5 Å². The maximum atomic E-state index is 13.1. The molecule has 0 bridgehead atoms. The first-order chi connectivity index (χ1) is 13.5. The topological polar surface area (TPSA) is 59.2 Å². The van der Waals surface area contributed by atoms with E-state index in [1.165, 1.54) is 11.1 Å². The van der Waals surface area contributed by atoms with Crippen molar-refractivity contribution in [2.45, 2.75) is 45.6 Å². The Morgan fingerprint density at radius 3 is 2.50 bits per heavy atom. The van der Waals surface area contributed by atoms with Gasteiger partial charge in [0.1, 0.15) is 6.04 Å². The first-order valence-corrected chi connectivity index (χ1v) is 9.84. The highest BCUT2D eigenvalue weighted by atomic mass is 16.5. The lowest BCUT2D eigenvalue weighted by Gasteiger charge is -2.22. The number of rotatable bonds is 4. The summed E-state index contributed by atoms with van der Waals surface area (Å²) >= 11 is 0. The zero-order valence-corrected chi connectivity index (χ0v) is 16.6. The molecule has 0 saturated carbocycles. The predicted octanol–water partition coefficient (Wildman–Crippen LogP) is 5.15. The number of hydrogen-bond donors (Lipinski definition) is 0. The Labute approximate surface area is 165 Å².